The Labute approximate surface area is 121 Å². The summed E-state index contributed by atoms with van der Waals surface area (Å²) < 4.78 is 1.63. The molecule has 1 fully saturated rings. The van der Waals surface area contributed by atoms with Crippen LogP contribution in [-0.2, 0) is 0 Å². The number of halogens is 1. The van der Waals surface area contributed by atoms with Crippen LogP contribution in [0.5, 0.6) is 0 Å². The highest BCUT2D eigenvalue weighted by molar-refractivity contribution is 6.31. The Bertz CT molecular complexity index is 677. The largest absolute Gasteiger partial charge is 0.476 e. The maximum absolute atomic E-state index is 11.3. The van der Waals surface area contributed by atoms with Gasteiger partial charge in [-0.05, 0) is 37.5 Å². The Morgan fingerprint density at radius 3 is 2.80 bits per heavy atom. The van der Waals surface area contributed by atoms with Gasteiger partial charge in [-0.2, -0.15) is 0 Å². The Morgan fingerprint density at radius 2 is 2.20 bits per heavy atom. The van der Waals surface area contributed by atoms with E-state index in [-0.39, 0.29) is 11.6 Å². The van der Waals surface area contributed by atoms with E-state index in [9.17, 15) is 9.90 Å². The molecule has 0 aliphatic heterocycles. The lowest BCUT2D eigenvalue weighted by atomic mass is 9.82. The van der Waals surface area contributed by atoms with E-state index in [1.807, 2.05) is 19.1 Å². The molecule has 6 heteroatoms. The van der Waals surface area contributed by atoms with E-state index in [2.05, 4.69) is 10.3 Å². The minimum Gasteiger partial charge on any atom is -0.476 e. The van der Waals surface area contributed by atoms with Gasteiger partial charge in [0.05, 0.1) is 11.4 Å². The SMILES string of the molecule is Cc1c(Cl)cccc1-n1nnc(C(=O)O)c1C1CCC1. The smallest absolute Gasteiger partial charge is 0.358 e. The molecule has 1 heterocycles. The Kier molecular flexibility index (Phi) is 3.22. The third-order valence-electron chi connectivity index (χ3n) is 3.87. The highest BCUT2D eigenvalue weighted by Gasteiger charge is 2.31. The van der Waals surface area contributed by atoms with Crippen LogP contribution in [0.15, 0.2) is 18.2 Å². The normalized spacial score (nSPS) is 15.1. The first-order valence-electron chi connectivity index (χ1n) is 6.54. The van der Waals surface area contributed by atoms with Gasteiger partial charge in [0, 0.05) is 10.9 Å². The average molecular weight is 292 g/mol. The average Bonchev–Trinajstić information content (AvgIpc) is 2.75. The zero-order valence-electron chi connectivity index (χ0n) is 11.0. The molecular weight excluding hydrogens is 278 g/mol. The number of nitrogens with zero attached hydrogens (tertiary/aromatic N) is 3. The number of aromatic carboxylic acids is 1. The molecule has 0 atom stereocenters. The molecule has 3 rings (SSSR count). The molecule has 5 nitrogen and oxygen atoms in total. The molecule has 104 valence electrons. The summed E-state index contributed by atoms with van der Waals surface area (Å²) in [4.78, 5) is 11.3. The second kappa shape index (κ2) is 4.90. The first kappa shape index (κ1) is 13.1. The van der Waals surface area contributed by atoms with Gasteiger partial charge in [-0.3, -0.25) is 0 Å². The Balaban J connectivity index is 2.18. The summed E-state index contributed by atoms with van der Waals surface area (Å²) in [7, 11) is 0. The molecular formula is C14H14ClN3O2. The number of aromatic nitrogens is 3. The maximum Gasteiger partial charge on any atom is 0.358 e. The maximum atomic E-state index is 11.3. The van der Waals surface area contributed by atoms with Gasteiger partial charge in [0.25, 0.3) is 0 Å². The molecule has 2 aromatic rings. The van der Waals surface area contributed by atoms with E-state index in [1.54, 1.807) is 10.7 Å². The van der Waals surface area contributed by atoms with Crippen LogP contribution < -0.4 is 0 Å². The predicted molar refractivity (Wildman–Crippen MR) is 74.7 cm³/mol. The van der Waals surface area contributed by atoms with E-state index >= 15 is 0 Å². The molecule has 0 bridgehead atoms. The third-order valence-corrected chi connectivity index (χ3v) is 4.28. The number of hydrogen-bond donors (Lipinski definition) is 1. The van der Waals surface area contributed by atoms with Gasteiger partial charge < -0.3 is 5.11 Å². The first-order chi connectivity index (χ1) is 9.59. The van der Waals surface area contributed by atoms with Gasteiger partial charge in [0.15, 0.2) is 5.69 Å². The molecule has 1 saturated carbocycles. The van der Waals surface area contributed by atoms with Crippen molar-refractivity contribution in [2.24, 2.45) is 0 Å². The molecule has 0 unspecified atom stereocenters. The second-order valence-corrected chi connectivity index (χ2v) is 5.46. The monoisotopic (exact) mass is 291 g/mol. The van der Waals surface area contributed by atoms with Crippen molar-refractivity contribution in [2.45, 2.75) is 32.1 Å². The third kappa shape index (κ3) is 1.98. The fourth-order valence-electron chi connectivity index (χ4n) is 2.49. The van der Waals surface area contributed by atoms with E-state index in [0.717, 1.165) is 30.5 Å². The van der Waals surface area contributed by atoms with Crippen LogP contribution in [0.4, 0.5) is 0 Å². The van der Waals surface area contributed by atoms with Crippen molar-refractivity contribution < 1.29 is 9.90 Å². The molecule has 1 aromatic carbocycles. The van der Waals surface area contributed by atoms with Crippen molar-refractivity contribution in [3.63, 3.8) is 0 Å². The quantitative estimate of drug-likeness (QED) is 0.943. The molecule has 1 N–H and O–H groups in total. The first-order valence-corrected chi connectivity index (χ1v) is 6.91. The topological polar surface area (TPSA) is 68.0 Å². The van der Waals surface area contributed by atoms with E-state index < -0.39 is 5.97 Å². The standard InChI is InChI=1S/C14H14ClN3O2/c1-8-10(15)6-3-7-11(8)18-13(9-4-2-5-9)12(14(19)20)16-17-18/h3,6-7,9H,2,4-5H2,1H3,(H,19,20). The minimum atomic E-state index is -1.03. The Hall–Kier alpha value is -1.88. The highest BCUT2D eigenvalue weighted by atomic mass is 35.5. The lowest BCUT2D eigenvalue weighted by Crippen LogP contribution is -2.18. The summed E-state index contributed by atoms with van der Waals surface area (Å²) in [5, 5.41) is 17.8. The minimum absolute atomic E-state index is 0.0501. The van der Waals surface area contributed by atoms with Crippen molar-refractivity contribution in [1.82, 2.24) is 15.0 Å². The summed E-state index contributed by atoms with van der Waals surface area (Å²) in [5.41, 5.74) is 2.40. The van der Waals surface area contributed by atoms with Crippen LogP contribution in [0.25, 0.3) is 5.69 Å². The fraction of sp³-hybridized carbons (Fsp3) is 0.357. The number of carbonyl (C=O) groups is 1. The molecule has 0 amide bonds. The van der Waals surface area contributed by atoms with Crippen molar-refractivity contribution >= 4 is 17.6 Å². The van der Waals surface area contributed by atoms with E-state index in [4.69, 9.17) is 11.6 Å². The van der Waals surface area contributed by atoms with Crippen LogP contribution >= 0.6 is 11.6 Å². The number of carboxylic acid groups (broad SMARTS) is 1. The number of rotatable bonds is 3. The Morgan fingerprint density at radius 1 is 1.45 bits per heavy atom. The van der Waals surface area contributed by atoms with Crippen molar-refractivity contribution in [2.75, 3.05) is 0 Å². The number of benzene rings is 1. The number of carboxylic acids is 1. The molecule has 0 spiro atoms. The summed E-state index contributed by atoms with van der Waals surface area (Å²) >= 11 is 6.14. The molecule has 0 saturated heterocycles. The lowest BCUT2D eigenvalue weighted by molar-refractivity contribution is 0.0687. The second-order valence-electron chi connectivity index (χ2n) is 5.05. The van der Waals surface area contributed by atoms with Crippen LogP contribution in [-0.4, -0.2) is 26.1 Å². The summed E-state index contributed by atoms with van der Waals surface area (Å²) in [6.07, 6.45) is 3.07. The van der Waals surface area contributed by atoms with Gasteiger partial charge >= 0.3 is 5.97 Å². The molecule has 0 radical (unpaired) electrons. The molecule has 1 aliphatic rings. The van der Waals surface area contributed by atoms with E-state index in [0.29, 0.717) is 10.7 Å². The van der Waals surface area contributed by atoms with Crippen molar-refractivity contribution in [1.29, 1.82) is 0 Å². The summed E-state index contributed by atoms with van der Waals surface area (Å²) in [6, 6.07) is 5.51. The molecule has 20 heavy (non-hydrogen) atoms. The van der Waals surface area contributed by atoms with Gasteiger partial charge in [0.1, 0.15) is 0 Å². The predicted octanol–water partition coefficient (Wildman–Crippen LogP) is 3.19. The fourth-order valence-corrected chi connectivity index (χ4v) is 2.66. The highest BCUT2D eigenvalue weighted by Crippen LogP contribution is 2.39. The summed E-state index contributed by atoms with van der Waals surface area (Å²) in [6.45, 7) is 1.89. The van der Waals surface area contributed by atoms with Crippen molar-refractivity contribution in [3.05, 3.63) is 40.2 Å². The summed E-state index contributed by atoms with van der Waals surface area (Å²) in [5.74, 6) is -0.813. The lowest BCUT2D eigenvalue weighted by Gasteiger charge is -2.26. The van der Waals surface area contributed by atoms with Gasteiger partial charge in [-0.15, -0.1) is 5.10 Å². The van der Waals surface area contributed by atoms with Gasteiger partial charge in [-0.1, -0.05) is 29.3 Å². The van der Waals surface area contributed by atoms with Crippen LogP contribution in [0.1, 0.15) is 46.9 Å². The number of hydrogen-bond acceptors (Lipinski definition) is 3. The molecule has 1 aromatic heterocycles. The van der Waals surface area contributed by atoms with E-state index in [1.165, 1.54) is 0 Å². The zero-order chi connectivity index (χ0) is 14.3. The van der Waals surface area contributed by atoms with Crippen LogP contribution in [0, 0.1) is 6.92 Å². The van der Waals surface area contributed by atoms with Gasteiger partial charge in [0.2, 0.25) is 0 Å². The van der Waals surface area contributed by atoms with Crippen LogP contribution in [0.2, 0.25) is 5.02 Å². The van der Waals surface area contributed by atoms with Crippen LogP contribution in [0.3, 0.4) is 0 Å². The van der Waals surface area contributed by atoms with Gasteiger partial charge in [-0.25, -0.2) is 9.48 Å². The zero-order valence-corrected chi connectivity index (χ0v) is 11.8. The van der Waals surface area contributed by atoms with Crippen molar-refractivity contribution in [3.8, 4) is 5.69 Å². The molecule has 1 aliphatic carbocycles.